The van der Waals surface area contributed by atoms with Gasteiger partial charge in [0.2, 0.25) is 0 Å². The Morgan fingerprint density at radius 1 is 1.32 bits per heavy atom. The molecule has 0 spiro atoms. The molecule has 1 unspecified atom stereocenters. The Morgan fingerprint density at radius 2 is 2.05 bits per heavy atom. The lowest BCUT2D eigenvalue weighted by Crippen LogP contribution is -2.42. The van der Waals surface area contributed by atoms with Gasteiger partial charge in [0.05, 0.1) is 5.84 Å². The lowest BCUT2D eigenvalue weighted by molar-refractivity contribution is 0.127. The molecule has 2 aliphatic rings. The van der Waals surface area contributed by atoms with E-state index in [0.717, 1.165) is 44.6 Å². The summed E-state index contributed by atoms with van der Waals surface area (Å²) in [6.45, 7) is 3.04. The third kappa shape index (κ3) is 2.73. The van der Waals surface area contributed by atoms with E-state index in [1.807, 2.05) is 6.07 Å². The normalized spacial score (nSPS) is 23.9. The zero-order valence-electron chi connectivity index (χ0n) is 11.1. The van der Waals surface area contributed by atoms with Crippen LogP contribution in [0.15, 0.2) is 24.3 Å². The maximum atomic E-state index is 7.50. The molecule has 2 aliphatic heterocycles. The zero-order chi connectivity index (χ0) is 13.2. The fourth-order valence-corrected chi connectivity index (χ4v) is 3.07. The van der Waals surface area contributed by atoms with Gasteiger partial charge in [0.25, 0.3) is 0 Å². The minimum Gasteiger partial charge on any atom is -0.488 e. The molecule has 0 aliphatic carbocycles. The molecule has 19 heavy (non-hydrogen) atoms. The van der Waals surface area contributed by atoms with Crippen LogP contribution in [0.2, 0.25) is 0 Å². The summed E-state index contributed by atoms with van der Waals surface area (Å²) >= 11 is 0. The third-order valence-electron chi connectivity index (χ3n) is 4.20. The van der Waals surface area contributed by atoms with Gasteiger partial charge in [-0.25, -0.2) is 0 Å². The summed E-state index contributed by atoms with van der Waals surface area (Å²) in [6.07, 6.45) is 3.32. The van der Waals surface area contributed by atoms with E-state index in [0.29, 0.717) is 5.84 Å². The van der Waals surface area contributed by atoms with Crippen molar-refractivity contribution in [1.82, 2.24) is 4.90 Å². The second-order valence-electron chi connectivity index (χ2n) is 5.58. The highest BCUT2D eigenvalue weighted by molar-refractivity contribution is 5.79. The summed E-state index contributed by atoms with van der Waals surface area (Å²) in [5, 5.41) is 7.50. The molecule has 0 aromatic heterocycles. The number of nitrogens with one attached hydrogen (secondary N) is 1. The number of amidine groups is 1. The van der Waals surface area contributed by atoms with Gasteiger partial charge in [-0.05, 0) is 37.6 Å². The monoisotopic (exact) mass is 259 g/mol. The molecule has 3 N–H and O–H groups in total. The van der Waals surface area contributed by atoms with E-state index in [1.165, 1.54) is 5.56 Å². The van der Waals surface area contributed by atoms with Crippen LogP contribution in [0.4, 0.5) is 0 Å². The van der Waals surface area contributed by atoms with Crippen LogP contribution in [0, 0.1) is 11.3 Å². The van der Waals surface area contributed by atoms with E-state index in [1.54, 1.807) is 0 Å². The minimum atomic E-state index is 0.284. The number of hydrogen-bond acceptors (Lipinski definition) is 3. The van der Waals surface area contributed by atoms with Gasteiger partial charge in [0, 0.05) is 18.9 Å². The predicted octanol–water partition coefficient (Wildman–Crippen LogP) is 1.64. The standard InChI is InChI=1S/C15H21N3O/c16-15(17)11-5-7-18(8-6-11)10-13-9-12-3-1-2-4-14(12)19-13/h1-4,11,13H,5-10H2,(H3,16,17). The highest BCUT2D eigenvalue weighted by Gasteiger charge is 2.27. The first-order valence-corrected chi connectivity index (χ1v) is 7.03. The largest absolute Gasteiger partial charge is 0.488 e. The Bertz CT molecular complexity index is 441. The van der Waals surface area contributed by atoms with Crippen LogP contribution in [0.25, 0.3) is 0 Å². The van der Waals surface area contributed by atoms with Gasteiger partial charge >= 0.3 is 0 Å². The summed E-state index contributed by atoms with van der Waals surface area (Å²) < 4.78 is 5.98. The lowest BCUT2D eigenvalue weighted by atomic mass is 9.95. The molecule has 1 aromatic carbocycles. The van der Waals surface area contributed by atoms with Gasteiger partial charge in [0.1, 0.15) is 11.9 Å². The van der Waals surface area contributed by atoms with Crippen LogP contribution in [-0.2, 0) is 6.42 Å². The average molecular weight is 259 g/mol. The Kier molecular flexibility index (Phi) is 3.42. The highest BCUT2D eigenvalue weighted by atomic mass is 16.5. The van der Waals surface area contributed by atoms with Crippen LogP contribution < -0.4 is 10.5 Å². The fourth-order valence-electron chi connectivity index (χ4n) is 3.07. The summed E-state index contributed by atoms with van der Waals surface area (Å²) in [4.78, 5) is 2.44. The summed E-state index contributed by atoms with van der Waals surface area (Å²) in [6, 6.07) is 8.30. The Labute approximate surface area is 114 Å². The van der Waals surface area contributed by atoms with Gasteiger partial charge in [-0.2, -0.15) is 0 Å². The Morgan fingerprint density at radius 3 is 2.74 bits per heavy atom. The molecule has 102 valence electrons. The van der Waals surface area contributed by atoms with E-state index in [9.17, 15) is 0 Å². The minimum absolute atomic E-state index is 0.284. The van der Waals surface area contributed by atoms with E-state index >= 15 is 0 Å². The predicted molar refractivity (Wildman–Crippen MR) is 75.6 cm³/mol. The van der Waals surface area contributed by atoms with E-state index in [2.05, 4.69) is 23.1 Å². The number of para-hydroxylation sites is 1. The zero-order valence-corrected chi connectivity index (χ0v) is 11.1. The molecular formula is C15H21N3O. The molecule has 4 nitrogen and oxygen atoms in total. The third-order valence-corrected chi connectivity index (χ3v) is 4.20. The number of hydrogen-bond donors (Lipinski definition) is 2. The first-order valence-electron chi connectivity index (χ1n) is 7.03. The van der Waals surface area contributed by atoms with Gasteiger partial charge in [0.15, 0.2) is 0 Å². The Balaban J connectivity index is 1.51. The fraction of sp³-hybridized carbons (Fsp3) is 0.533. The molecule has 1 saturated heterocycles. The first kappa shape index (κ1) is 12.5. The maximum Gasteiger partial charge on any atom is 0.123 e. The van der Waals surface area contributed by atoms with Crippen molar-refractivity contribution in [3.63, 3.8) is 0 Å². The molecule has 0 saturated carbocycles. The van der Waals surface area contributed by atoms with Gasteiger partial charge < -0.3 is 10.5 Å². The SMILES string of the molecule is N=C(N)C1CCN(CC2Cc3ccccc3O2)CC1. The van der Waals surface area contributed by atoms with Crippen LogP contribution in [0.3, 0.4) is 0 Å². The quantitative estimate of drug-likeness (QED) is 0.641. The number of piperidine rings is 1. The van der Waals surface area contributed by atoms with Crippen LogP contribution in [0.5, 0.6) is 5.75 Å². The number of fused-ring (bicyclic) bond motifs is 1. The molecule has 1 fully saturated rings. The van der Waals surface area contributed by atoms with Gasteiger partial charge in [-0.1, -0.05) is 18.2 Å². The average Bonchev–Trinajstić information content (AvgIpc) is 2.81. The van der Waals surface area contributed by atoms with Crippen molar-refractivity contribution in [2.45, 2.75) is 25.4 Å². The van der Waals surface area contributed by atoms with E-state index < -0.39 is 0 Å². The van der Waals surface area contributed by atoms with Crippen molar-refractivity contribution in [3.8, 4) is 5.75 Å². The van der Waals surface area contributed by atoms with Crippen LogP contribution >= 0.6 is 0 Å². The van der Waals surface area contributed by atoms with Crippen molar-refractivity contribution < 1.29 is 4.74 Å². The summed E-state index contributed by atoms with van der Waals surface area (Å²) in [5.74, 6) is 1.69. The van der Waals surface area contributed by atoms with Gasteiger partial charge in [-0.15, -0.1) is 0 Å². The van der Waals surface area contributed by atoms with E-state index in [-0.39, 0.29) is 12.0 Å². The second kappa shape index (κ2) is 5.21. The molecule has 2 heterocycles. The molecule has 1 atom stereocenters. The molecule has 4 heteroatoms. The number of nitrogens with zero attached hydrogens (tertiary/aromatic N) is 1. The number of rotatable bonds is 3. The highest BCUT2D eigenvalue weighted by Crippen LogP contribution is 2.29. The second-order valence-corrected chi connectivity index (χ2v) is 5.58. The smallest absolute Gasteiger partial charge is 0.123 e. The van der Waals surface area contributed by atoms with Crippen molar-refractivity contribution in [3.05, 3.63) is 29.8 Å². The van der Waals surface area contributed by atoms with E-state index in [4.69, 9.17) is 15.9 Å². The first-order chi connectivity index (χ1) is 9.22. The van der Waals surface area contributed by atoms with Crippen molar-refractivity contribution >= 4 is 5.84 Å². The van der Waals surface area contributed by atoms with Gasteiger partial charge in [-0.3, -0.25) is 10.3 Å². The summed E-state index contributed by atoms with van der Waals surface area (Å²) in [5.41, 5.74) is 6.90. The number of nitrogens with two attached hydrogens (primary N) is 1. The number of benzene rings is 1. The van der Waals surface area contributed by atoms with Crippen molar-refractivity contribution in [2.24, 2.45) is 11.7 Å². The van der Waals surface area contributed by atoms with Crippen molar-refractivity contribution in [2.75, 3.05) is 19.6 Å². The summed E-state index contributed by atoms with van der Waals surface area (Å²) in [7, 11) is 0. The molecule has 1 aromatic rings. The molecular weight excluding hydrogens is 238 g/mol. The maximum absolute atomic E-state index is 7.50. The molecule has 3 rings (SSSR count). The topological polar surface area (TPSA) is 62.3 Å². The molecule has 0 bridgehead atoms. The lowest BCUT2D eigenvalue weighted by Gasteiger charge is -2.32. The molecule has 0 amide bonds. The number of ether oxygens (including phenoxy) is 1. The van der Waals surface area contributed by atoms with Crippen LogP contribution in [0.1, 0.15) is 18.4 Å². The molecule has 0 radical (unpaired) electrons. The Hall–Kier alpha value is -1.55. The van der Waals surface area contributed by atoms with Crippen molar-refractivity contribution in [1.29, 1.82) is 5.41 Å². The number of likely N-dealkylation sites (tertiary alicyclic amines) is 1. The van der Waals surface area contributed by atoms with Crippen LogP contribution in [-0.4, -0.2) is 36.5 Å².